The van der Waals surface area contributed by atoms with E-state index in [4.69, 9.17) is 0 Å². The van der Waals surface area contributed by atoms with Crippen LogP contribution in [0.15, 0.2) is 55.1 Å². The number of rotatable bonds is 4. The Morgan fingerprint density at radius 2 is 1.81 bits per heavy atom. The second kappa shape index (κ2) is 7.41. The molecule has 0 saturated carbocycles. The highest BCUT2D eigenvalue weighted by Gasteiger charge is 2.19. The van der Waals surface area contributed by atoms with Gasteiger partial charge < -0.3 is 14.5 Å². The molecule has 0 radical (unpaired) electrons. The van der Waals surface area contributed by atoms with E-state index in [0.29, 0.717) is 28.5 Å². The van der Waals surface area contributed by atoms with E-state index >= 15 is 0 Å². The molecule has 0 fully saturated rings. The van der Waals surface area contributed by atoms with E-state index in [2.05, 4.69) is 25.4 Å². The molecule has 0 aliphatic rings. The number of hydrogen-bond acceptors (Lipinski definition) is 5. The fraction of sp³-hybridized carbons (Fsp3) is 0.136. The van der Waals surface area contributed by atoms with Gasteiger partial charge in [-0.15, -0.1) is 0 Å². The topological polar surface area (TPSA) is 94.9 Å². The molecule has 32 heavy (non-hydrogen) atoms. The zero-order valence-electron chi connectivity index (χ0n) is 17.6. The molecule has 0 atom stereocenters. The quantitative estimate of drug-likeness (QED) is 0.472. The van der Waals surface area contributed by atoms with Crippen LogP contribution in [0.5, 0.6) is 0 Å². The third kappa shape index (κ3) is 3.41. The van der Waals surface area contributed by atoms with E-state index in [9.17, 15) is 9.18 Å². The number of amides is 1. The first-order valence-electron chi connectivity index (χ1n) is 9.84. The summed E-state index contributed by atoms with van der Waals surface area (Å²) < 4.78 is 18.6. The van der Waals surface area contributed by atoms with Gasteiger partial charge in [0.05, 0.1) is 23.9 Å². The largest absolute Gasteiger partial charge is 0.340 e. The molecule has 5 aromatic rings. The van der Waals surface area contributed by atoms with Gasteiger partial charge in [0.25, 0.3) is 5.91 Å². The van der Waals surface area contributed by atoms with Crippen molar-refractivity contribution in [2.45, 2.75) is 6.92 Å². The molecule has 1 aromatic carbocycles. The molecule has 4 heterocycles. The third-order valence-corrected chi connectivity index (χ3v) is 5.18. The molecule has 5 rings (SSSR count). The monoisotopic (exact) mass is 430 g/mol. The minimum Gasteiger partial charge on any atom is -0.340 e. The van der Waals surface area contributed by atoms with Crippen molar-refractivity contribution < 1.29 is 9.18 Å². The Morgan fingerprint density at radius 1 is 1.03 bits per heavy atom. The van der Waals surface area contributed by atoms with E-state index < -0.39 is 0 Å². The Kier molecular flexibility index (Phi) is 4.54. The van der Waals surface area contributed by atoms with E-state index in [0.717, 1.165) is 17.1 Å². The summed E-state index contributed by atoms with van der Waals surface area (Å²) in [7, 11) is 3.70. The highest BCUT2D eigenvalue weighted by molar-refractivity contribution is 6.02. The van der Waals surface area contributed by atoms with E-state index in [1.54, 1.807) is 47.0 Å². The Bertz CT molecular complexity index is 1460. The number of fused-ring (bicyclic) bond motifs is 1. The van der Waals surface area contributed by atoms with Gasteiger partial charge in [-0.1, -0.05) is 0 Å². The third-order valence-electron chi connectivity index (χ3n) is 5.18. The lowest BCUT2D eigenvalue weighted by molar-refractivity contribution is 0.102. The lowest BCUT2D eigenvalue weighted by Crippen LogP contribution is -2.12. The molecule has 4 aromatic heterocycles. The maximum Gasteiger partial charge on any atom is 0.277 e. The molecule has 10 heteroatoms. The van der Waals surface area contributed by atoms with Crippen molar-refractivity contribution in [1.82, 2.24) is 33.7 Å². The van der Waals surface area contributed by atoms with Crippen LogP contribution in [0.1, 0.15) is 16.3 Å². The molecule has 0 aliphatic carbocycles. The second-order valence-electron chi connectivity index (χ2n) is 7.45. The van der Waals surface area contributed by atoms with Crippen LogP contribution >= 0.6 is 0 Å². The summed E-state index contributed by atoms with van der Waals surface area (Å²) in [6.07, 6.45) is 4.82. The number of anilines is 1. The summed E-state index contributed by atoms with van der Waals surface area (Å²) in [5.74, 6) is 0.511. The number of carbonyl (C=O) groups is 1. The molecule has 0 aliphatic heterocycles. The first-order valence-corrected chi connectivity index (χ1v) is 9.84. The lowest BCUT2D eigenvalue weighted by atomic mass is 10.1. The van der Waals surface area contributed by atoms with Gasteiger partial charge in [-0.2, -0.15) is 5.10 Å². The van der Waals surface area contributed by atoms with Crippen LogP contribution in [0.2, 0.25) is 0 Å². The number of nitrogens with zero attached hydrogens (tertiary/aromatic N) is 7. The second-order valence-corrected chi connectivity index (χ2v) is 7.45. The molecular weight excluding hydrogens is 411 g/mol. The summed E-state index contributed by atoms with van der Waals surface area (Å²) in [6.45, 7) is 1.90. The number of nitrogens with one attached hydrogen (secondary N) is 1. The van der Waals surface area contributed by atoms with Crippen molar-refractivity contribution in [2.24, 2.45) is 14.1 Å². The number of aryl methyl sites for hydroxylation is 2. The van der Waals surface area contributed by atoms with Gasteiger partial charge in [0.2, 0.25) is 0 Å². The number of imidazole rings is 3. The smallest absolute Gasteiger partial charge is 0.277 e. The van der Waals surface area contributed by atoms with Crippen LogP contribution in [0.25, 0.3) is 28.3 Å². The molecule has 0 saturated heterocycles. The van der Waals surface area contributed by atoms with Gasteiger partial charge in [-0.25, -0.2) is 23.9 Å². The maximum absolute atomic E-state index is 13.4. The summed E-state index contributed by atoms with van der Waals surface area (Å²) in [6, 6.07) is 9.87. The average Bonchev–Trinajstić information content (AvgIpc) is 3.45. The van der Waals surface area contributed by atoms with Crippen molar-refractivity contribution in [3.8, 4) is 22.6 Å². The normalized spacial score (nSPS) is 11.2. The van der Waals surface area contributed by atoms with Crippen molar-refractivity contribution in [3.63, 3.8) is 0 Å². The van der Waals surface area contributed by atoms with Gasteiger partial charge in [-0.05, 0) is 43.3 Å². The van der Waals surface area contributed by atoms with Gasteiger partial charge in [0.1, 0.15) is 23.0 Å². The first-order chi connectivity index (χ1) is 15.4. The van der Waals surface area contributed by atoms with E-state index in [1.807, 2.05) is 30.7 Å². The number of hydrogen-bond donors (Lipinski definition) is 1. The van der Waals surface area contributed by atoms with E-state index in [-0.39, 0.29) is 11.7 Å². The zero-order valence-corrected chi connectivity index (χ0v) is 17.6. The Labute approximate surface area is 182 Å². The molecule has 0 unspecified atom stereocenters. The minimum atomic E-state index is -0.352. The Hall–Kier alpha value is -4.34. The van der Waals surface area contributed by atoms with Crippen LogP contribution in [-0.4, -0.2) is 39.6 Å². The van der Waals surface area contributed by atoms with Crippen LogP contribution in [0.4, 0.5) is 10.2 Å². The number of benzene rings is 1. The van der Waals surface area contributed by atoms with Crippen molar-refractivity contribution in [1.29, 1.82) is 0 Å². The van der Waals surface area contributed by atoms with E-state index in [1.165, 1.54) is 12.1 Å². The molecule has 160 valence electrons. The SMILES string of the molecule is Cc1nc(-c2ccc(F)cc2)c(-c2ccc3nc(NC(=O)c4cn(C)cn4)cn3n2)n1C. The lowest BCUT2D eigenvalue weighted by Gasteiger charge is -2.07. The number of aromatic nitrogens is 7. The summed E-state index contributed by atoms with van der Waals surface area (Å²) >= 11 is 0. The first kappa shape index (κ1) is 19.6. The van der Waals surface area contributed by atoms with Crippen molar-refractivity contribution in [3.05, 3.63) is 72.5 Å². The van der Waals surface area contributed by atoms with Crippen molar-refractivity contribution in [2.75, 3.05) is 5.32 Å². The predicted molar refractivity (Wildman–Crippen MR) is 116 cm³/mol. The predicted octanol–water partition coefficient (Wildman–Crippen LogP) is 3.23. The van der Waals surface area contributed by atoms with Crippen molar-refractivity contribution >= 4 is 17.4 Å². The molecule has 0 bridgehead atoms. The van der Waals surface area contributed by atoms with Crippen LogP contribution in [0.3, 0.4) is 0 Å². The molecule has 9 nitrogen and oxygen atoms in total. The molecule has 1 amide bonds. The maximum atomic E-state index is 13.4. The van der Waals surface area contributed by atoms with Gasteiger partial charge in [0, 0.05) is 25.9 Å². The molecule has 1 N–H and O–H groups in total. The fourth-order valence-electron chi connectivity index (χ4n) is 3.49. The Balaban J connectivity index is 1.52. The summed E-state index contributed by atoms with van der Waals surface area (Å²) in [5, 5.41) is 7.41. The summed E-state index contributed by atoms with van der Waals surface area (Å²) in [4.78, 5) is 25.5. The van der Waals surface area contributed by atoms with Crippen LogP contribution in [-0.2, 0) is 14.1 Å². The minimum absolute atomic E-state index is 0.299. The van der Waals surface area contributed by atoms with Gasteiger partial charge >= 0.3 is 0 Å². The van der Waals surface area contributed by atoms with Gasteiger partial charge in [-0.3, -0.25) is 4.79 Å². The highest BCUT2D eigenvalue weighted by Crippen LogP contribution is 2.31. The number of halogens is 1. The Morgan fingerprint density at radius 3 is 2.53 bits per heavy atom. The molecule has 0 spiro atoms. The highest BCUT2D eigenvalue weighted by atomic mass is 19.1. The van der Waals surface area contributed by atoms with Crippen LogP contribution in [0, 0.1) is 12.7 Å². The standard InChI is InChI=1S/C22H19FN8O/c1-13-25-20(14-4-6-15(23)7-5-14)21(30(13)3)16-8-9-19-26-18(11-31(19)28-16)27-22(32)17-10-29(2)12-24-17/h4-12H,1-3H3,(H,27,32). The zero-order chi connectivity index (χ0) is 22.4. The van der Waals surface area contributed by atoms with Crippen LogP contribution < -0.4 is 5.32 Å². The summed E-state index contributed by atoms with van der Waals surface area (Å²) in [5.41, 5.74) is 3.84. The number of carbonyl (C=O) groups excluding carboxylic acids is 1. The average molecular weight is 430 g/mol. The fourth-order valence-corrected chi connectivity index (χ4v) is 3.49. The molecular formula is C22H19FN8O. The van der Waals surface area contributed by atoms with Gasteiger partial charge in [0.15, 0.2) is 11.5 Å².